The number of hydrogen-bond acceptors (Lipinski definition) is 2. The average molecular weight is 182 g/mol. The zero-order chi connectivity index (χ0) is 10.0. The first-order valence-electron chi connectivity index (χ1n) is 4.23. The van der Waals surface area contributed by atoms with Gasteiger partial charge in [0.05, 0.1) is 0 Å². The Morgan fingerprint density at radius 1 is 1.69 bits per heavy atom. The third-order valence-electron chi connectivity index (χ3n) is 2.18. The molecule has 2 amide bonds. The van der Waals surface area contributed by atoms with Crippen LogP contribution < -0.4 is 0 Å². The molecule has 1 aliphatic rings. The van der Waals surface area contributed by atoms with Crippen LogP contribution >= 0.6 is 0 Å². The van der Waals surface area contributed by atoms with Crippen molar-refractivity contribution in [1.82, 2.24) is 9.80 Å². The summed E-state index contributed by atoms with van der Waals surface area (Å²) in [6, 6.07) is -0.333. The van der Waals surface area contributed by atoms with Gasteiger partial charge in [-0.1, -0.05) is 6.58 Å². The quantitative estimate of drug-likeness (QED) is 0.612. The Morgan fingerprint density at radius 3 is 2.77 bits per heavy atom. The van der Waals surface area contributed by atoms with Gasteiger partial charge in [0.15, 0.2) is 0 Å². The van der Waals surface area contributed by atoms with Gasteiger partial charge in [0.2, 0.25) is 11.8 Å². The Balaban J connectivity index is 2.76. The highest BCUT2D eigenvalue weighted by molar-refractivity contribution is 5.91. The van der Waals surface area contributed by atoms with Crippen LogP contribution in [0, 0.1) is 0 Å². The second kappa shape index (κ2) is 3.60. The van der Waals surface area contributed by atoms with Crippen LogP contribution in [-0.4, -0.2) is 41.8 Å². The standard InChI is InChI=1S/C9H14N2O2/c1-4-11-7(5-6-8(11)12)9(13)10(2)3/h4,7H,1,5-6H2,2-3H3. The predicted octanol–water partition coefficient (Wildman–Crippen LogP) is 0.209. The first-order chi connectivity index (χ1) is 6.07. The summed E-state index contributed by atoms with van der Waals surface area (Å²) in [6.45, 7) is 3.52. The number of likely N-dealkylation sites (tertiary alicyclic amines) is 1. The predicted molar refractivity (Wildman–Crippen MR) is 48.8 cm³/mol. The fraction of sp³-hybridized carbons (Fsp3) is 0.556. The molecule has 0 spiro atoms. The molecular weight excluding hydrogens is 168 g/mol. The highest BCUT2D eigenvalue weighted by atomic mass is 16.2. The van der Waals surface area contributed by atoms with E-state index in [-0.39, 0.29) is 17.9 Å². The molecule has 0 bridgehead atoms. The van der Waals surface area contributed by atoms with Crippen molar-refractivity contribution < 1.29 is 9.59 Å². The molecule has 0 aliphatic carbocycles. The van der Waals surface area contributed by atoms with Crippen LogP contribution in [0.3, 0.4) is 0 Å². The van der Waals surface area contributed by atoms with Crippen LogP contribution in [0.1, 0.15) is 12.8 Å². The minimum atomic E-state index is -0.333. The molecule has 1 atom stereocenters. The number of likely N-dealkylation sites (N-methyl/N-ethyl adjacent to an activating group) is 1. The van der Waals surface area contributed by atoms with Crippen molar-refractivity contribution in [3.63, 3.8) is 0 Å². The van der Waals surface area contributed by atoms with Gasteiger partial charge in [-0.05, 0) is 6.42 Å². The van der Waals surface area contributed by atoms with Crippen LogP contribution in [0.5, 0.6) is 0 Å². The average Bonchev–Trinajstić information content (AvgIpc) is 2.45. The van der Waals surface area contributed by atoms with Gasteiger partial charge in [-0.3, -0.25) is 9.59 Å². The number of carbonyl (C=O) groups is 2. The van der Waals surface area contributed by atoms with E-state index < -0.39 is 0 Å². The van der Waals surface area contributed by atoms with Crippen LogP contribution in [-0.2, 0) is 9.59 Å². The minimum Gasteiger partial charge on any atom is -0.347 e. The molecule has 1 unspecified atom stereocenters. The first-order valence-corrected chi connectivity index (χ1v) is 4.23. The Hall–Kier alpha value is -1.32. The molecule has 1 saturated heterocycles. The maximum absolute atomic E-state index is 11.5. The summed E-state index contributed by atoms with van der Waals surface area (Å²) in [5.74, 6) is -0.0547. The second-order valence-corrected chi connectivity index (χ2v) is 3.27. The number of carbonyl (C=O) groups excluding carboxylic acids is 2. The van der Waals surface area contributed by atoms with E-state index in [1.54, 1.807) is 14.1 Å². The smallest absolute Gasteiger partial charge is 0.245 e. The molecule has 4 nitrogen and oxygen atoms in total. The van der Waals surface area contributed by atoms with E-state index in [1.807, 2.05) is 0 Å². The van der Waals surface area contributed by atoms with Gasteiger partial charge in [0, 0.05) is 26.7 Å². The van der Waals surface area contributed by atoms with Gasteiger partial charge in [0.1, 0.15) is 6.04 Å². The van der Waals surface area contributed by atoms with E-state index in [0.29, 0.717) is 12.8 Å². The molecule has 1 heterocycles. The zero-order valence-electron chi connectivity index (χ0n) is 7.99. The summed E-state index contributed by atoms with van der Waals surface area (Å²) in [5, 5.41) is 0. The van der Waals surface area contributed by atoms with E-state index in [0.717, 1.165) is 0 Å². The molecule has 1 rings (SSSR count). The maximum Gasteiger partial charge on any atom is 0.245 e. The topological polar surface area (TPSA) is 40.6 Å². The van der Waals surface area contributed by atoms with Crippen molar-refractivity contribution in [2.75, 3.05) is 14.1 Å². The minimum absolute atomic E-state index is 0.0183. The van der Waals surface area contributed by atoms with Gasteiger partial charge in [0.25, 0.3) is 0 Å². The SMILES string of the molecule is C=CN1C(=O)CCC1C(=O)N(C)C. The molecule has 0 aromatic rings. The Kier molecular flexibility index (Phi) is 2.70. The second-order valence-electron chi connectivity index (χ2n) is 3.27. The van der Waals surface area contributed by atoms with Crippen LogP contribution in [0.4, 0.5) is 0 Å². The van der Waals surface area contributed by atoms with Crippen LogP contribution in [0.15, 0.2) is 12.8 Å². The van der Waals surface area contributed by atoms with Crippen molar-refractivity contribution >= 4 is 11.8 Å². The van der Waals surface area contributed by atoms with Gasteiger partial charge in [-0.15, -0.1) is 0 Å². The molecule has 72 valence electrons. The summed E-state index contributed by atoms with van der Waals surface area (Å²) < 4.78 is 0. The van der Waals surface area contributed by atoms with E-state index in [2.05, 4.69) is 6.58 Å². The lowest BCUT2D eigenvalue weighted by Crippen LogP contribution is -2.41. The summed E-state index contributed by atoms with van der Waals surface area (Å²) in [4.78, 5) is 25.7. The highest BCUT2D eigenvalue weighted by Crippen LogP contribution is 2.19. The van der Waals surface area contributed by atoms with E-state index in [9.17, 15) is 9.59 Å². The number of rotatable bonds is 2. The summed E-state index contributed by atoms with van der Waals surface area (Å²) in [6.07, 6.45) is 2.47. The van der Waals surface area contributed by atoms with Gasteiger partial charge in [-0.2, -0.15) is 0 Å². The third-order valence-corrected chi connectivity index (χ3v) is 2.18. The zero-order valence-corrected chi connectivity index (χ0v) is 7.99. The normalized spacial score (nSPS) is 21.8. The maximum atomic E-state index is 11.5. The Morgan fingerprint density at radius 2 is 2.31 bits per heavy atom. The molecule has 0 N–H and O–H groups in total. The highest BCUT2D eigenvalue weighted by Gasteiger charge is 2.34. The lowest BCUT2D eigenvalue weighted by atomic mass is 10.2. The lowest BCUT2D eigenvalue weighted by molar-refractivity contribution is -0.137. The number of amides is 2. The fourth-order valence-corrected chi connectivity index (χ4v) is 1.47. The van der Waals surface area contributed by atoms with E-state index >= 15 is 0 Å². The Bertz CT molecular complexity index is 248. The van der Waals surface area contributed by atoms with Gasteiger partial charge in [-0.25, -0.2) is 0 Å². The molecule has 4 heteroatoms. The van der Waals surface area contributed by atoms with Gasteiger partial charge >= 0.3 is 0 Å². The molecule has 13 heavy (non-hydrogen) atoms. The molecular formula is C9H14N2O2. The van der Waals surface area contributed by atoms with Gasteiger partial charge < -0.3 is 9.80 Å². The molecule has 0 aromatic heterocycles. The van der Waals surface area contributed by atoms with Crippen molar-refractivity contribution in [3.8, 4) is 0 Å². The molecule has 0 saturated carbocycles. The fourth-order valence-electron chi connectivity index (χ4n) is 1.47. The van der Waals surface area contributed by atoms with Crippen molar-refractivity contribution in [2.45, 2.75) is 18.9 Å². The molecule has 0 aromatic carbocycles. The third kappa shape index (κ3) is 1.71. The number of hydrogen-bond donors (Lipinski definition) is 0. The van der Waals surface area contributed by atoms with E-state index in [4.69, 9.17) is 0 Å². The van der Waals surface area contributed by atoms with Crippen LogP contribution in [0.2, 0.25) is 0 Å². The largest absolute Gasteiger partial charge is 0.347 e. The van der Waals surface area contributed by atoms with Crippen LogP contribution in [0.25, 0.3) is 0 Å². The monoisotopic (exact) mass is 182 g/mol. The summed E-state index contributed by atoms with van der Waals surface area (Å²) in [5.41, 5.74) is 0. The number of nitrogens with zero attached hydrogens (tertiary/aromatic N) is 2. The van der Waals surface area contributed by atoms with E-state index in [1.165, 1.54) is 16.0 Å². The Labute approximate surface area is 77.8 Å². The molecule has 1 fully saturated rings. The first kappa shape index (κ1) is 9.77. The van der Waals surface area contributed by atoms with Crippen molar-refractivity contribution in [3.05, 3.63) is 12.8 Å². The summed E-state index contributed by atoms with van der Waals surface area (Å²) >= 11 is 0. The lowest BCUT2D eigenvalue weighted by Gasteiger charge is -2.22. The van der Waals surface area contributed by atoms with Crippen molar-refractivity contribution in [2.24, 2.45) is 0 Å². The molecule has 0 radical (unpaired) electrons. The summed E-state index contributed by atoms with van der Waals surface area (Å²) in [7, 11) is 3.37. The molecule has 1 aliphatic heterocycles. The van der Waals surface area contributed by atoms with Crippen molar-refractivity contribution in [1.29, 1.82) is 0 Å².